The Balaban J connectivity index is 1.85. The summed E-state index contributed by atoms with van der Waals surface area (Å²) in [7, 11) is 0. The van der Waals surface area contributed by atoms with Crippen LogP contribution in [0.3, 0.4) is 0 Å². The minimum atomic E-state index is -1.26. The zero-order chi connectivity index (χ0) is 15.0. The monoisotopic (exact) mass is 287 g/mol. The van der Waals surface area contributed by atoms with Crippen molar-refractivity contribution in [1.29, 1.82) is 0 Å². The van der Waals surface area contributed by atoms with Gasteiger partial charge in [0.1, 0.15) is 0 Å². The number of aromatic nitrogens is 2. The highest BCUT2D eigenvalue weighted by Gasteiger charge is 2.33. The number of carbonyl (C=O) groups excluding carboxylic acids is 1. The SMILES string of the molecule is O=C(N[C@H]1c2ccccc2C[C@H]1O)c1nc[nH]c1C(=O)O. The predicted molar refractivity (Wildman–Crippen MR) is 71.9 cm³/mol. The molecule has 1 heterocycles. The number of carboxylic acids is 1. The summed E-state index contributed by atoms with van der Waals surface area (Å²) in [5.41, 5.74) is 1.34. The summed E-state index contributed by atoms with van der Waals surface area (Å²) in [6.07, 6.45) is 0.865. The molecule has 1 aromatic heterocycles. The Morgan fingerprint density at radius 2 is 2.10 bits per heavy atom. The van der Waals surface area contributed by atoms with Gasteiger partial charge in [-0.3, -0.25) is 4.79 Å². The molecule has 1 aliphatic rings. The fraction of sp³-hybridized carbons (Fsp3) is 0.214. The Kier molecular flexibility index (Phi) is 3.19. The van der Waals surface area contributed by atoms with Gasteiger partial charge >= 0.3 is 5.97 Å². The number of nitrogens with one attached hydrogen (secondary N) is 2. The Hall–Kier alpha value is -2.67. The van der Waals surface area contributed by atoms with Crippen LogP contribution in [0.1, 0.15) is 38.1 Å². The van der Waals surface area contributed by atoms with Crippen LogP contribution in [0.25, 0.3) is 0 Å². The van der Waals surface area contributed by atoms with Gasteiger partial charge in [-0.1, -0.05) is 24.3 Å². The summed E-state index contributed by atoms with van der Waals surface area (Å²) in [5.74, 6) is -1.89. The number of aliphatic hydroxyl groups excluding tert-OH is 1. The number of rotatable bonds is 3. The fourth-order valence-corrected chi connectivity index (χ4v) is 2.59. The maximum atomic E-state index is 12.2. The van der Waals surface area contributed by atoms with Crippen molar-refractivity contribution in [3.8, 4) is 0 Å². The molecule has 4 N–H and O–H groups in total. The number of nitrogens with zero attached hydrogens (tertiary/aromatic N) is 1. The number of carbonyl (C=O) groups is 2. The molecular weight excluding hydrogens is 274 g/mol. The summed E-state index contributed by atoms with van der Waals surface area (Å²) in [6.45, 7) is 0. The normalized spacial score (nSPS) is 20.0. The lowest BCUT2D eigenvalue weighted by Gasteiger charge is -2.17. The van der Waals surface area contributed by atoms with E-state index in [1.54, 1.807) is 0 Å². The number of amides is 1. The highest BCUT2D eigenvalue weighted by atomic mass is 16.4. The largest absolute Gasteiger partial charge is 0.477 e. The first-order valence-corrected chi connectivity index (χ1v) is 6.41. The maximum absolute atomic E-state index is 12.2. The standard InChI is InChI=1S/C14H13N3O4/c18-9-5-7-3-1-2-4-8(7)10(9)17-13(19)11-12(14(20)21)16-6-15-11/h1-4,6,9-10,18H,5H2,(H,15,16)(H,17,19)(H,20,21)/t9-,10+/m1/s1. The number of imidazole rings is 1. The van der Waals surface area contributed by atoms with Gasteiger partial charge in [-0.2, -0.15) is 0 Å². The van der Waals surface area contributed by atoms with Crippen molar-refractivity contribution in [2.24, 2.45) is 0 Å². The molecule has 0 fully saturated rings. The number of H-pyrrole nitrogens is 1. The van der Waals surface area contributed by atoms with Crippen LogP contribution < -0.4 is 5.32 Å². The second kappa shape index (κ2) is 5.02. The summed E-state index contributed by atoms with van der Waals surface area (Å²) < 4.78 is 0. The second-order valence-corrected chi connectivity index (χ2v) is 4.85. The van der Waals surface area contributed by atoms with Gasteiger partial charge in [0.25, 0.3) is 5.91 Å². The number of aromatic carboxylic acids is 1. The van der Waals surface area contributed by atoms with Crippen LogP contribution >= 0.6 is 0 Å². The maximum Gasteiger partial charge on any atom is 0.354 e. The molecule has 0 unspecified atom stereocenters. The average molecular weight is 287 g/mol. The zero-order valence-electron chi connectivity index (χ0n) is 10.9. The quantitative estimate of drug-likeness (QED) is 0.656. The molecule has 0 aliphatic heterocycles. The molecule has 21 heavy (non-hydrogen) atoms. The van der Waals surface area contributed by atoms with Crippen molar-refractivity contribution < 1.29 is 19.8 Å². The van der Waals surface area contributed by atoms with Gasteiger partial charge in [0.2, 0.25) is 0 Å². The Bertz CT molecular complexity index is 710. The van der Waals surface area contributed by atoms with E-state index in [-0.39, 0.29) is 11.4 Å². The third-order valence-corrected chi connectivity index (χ3v) is 3.56. The van der Waals surface area contributed by atoms with Crippen LogP contribution in [0.15, 0.2) is 30.6 Å². The molecule has 1 aliphatic carbocycles. The Morgan fingerprint density at radius 1 is 1.33 bits per heavy atom. The lowest BCUT2D eigenvalue weighted by molar-refractivity contribution is 0.0682. The summed E-state index contributed by atoms with van der Waals surface area (Å²) in [5, 5.41) is 21.7. The number of benzene rings is 1. The molecule has 0 spiro atoms. The molecule has 108 valence electrons. The van der Waals surface area contributed by atoms with Gasteiger partial charge in [-0.25, -0.2) is 9.78 Å². The second-order valence-electron chi connectivity index (χ2n) is 4.85. The first-order chi connectivity index (χ1) is 10.1. The van der Waals surface area contributed by atoms with Crippen LogP contribution in [-0.2, 0) is 6.42 Å². The van der Waals surface area contributed by atoms with E-state index in [0.29, 0.717) is 6.42 Å². The van der Waals surface area contributed by atoms with Gasteiger partial charge < -0.3 is 20.5 Å². The first kappa shape index (κ1) is 13.3. The first-order valence-electron chi connectivity index (χ1n) is 6.41. The van der Waals surface area contributed by atoms with Crippen molar-refractivity contribution in [3.63, 3.8) is 0 Å². The lowest BCUT2D eigenvalue weighted by atomic mass is 10.1. The number of aromatic amines is 1. The molecule has 3 rings (SSSR count). The molecule has 1 amide bonds. The van der Waals surface area contributed by atoms with Crippen molar-refractivity contribution in [3.05, 3.63) is 53.1 Å². The van der Waals surface area contributed by atoms with Crippen LogP contribution in [0.4, 0.5) is 0 Å². The summed E-state index contributed by atoms with van der Waals surface area (Å²) >= 11 is 0. The van der Waals surface area contributed by atoms with Crippen molar-refractivity contribution in [2.45, 2.75) is 18.6 Å². The molecule has 1 aromatic carbocycles. The van der Waals surface area contributed by atoms with E-state index in [4.69, 9.17) is 5.11 Å². The minimum Gasteiger partial charge on any atom is -0.477 e. The van der Waals surface area contributed by atoms with Gasteiger partial charge in [0.15, 0.2) is 11.4 Å². The van der Waals surface area contributed by atoms with Gasteiger partial charge in [-0.05, 0) is 11.1 Å². The summed E-state index contributed by atoms with van der Waals surface area (Å²) in [4.78, 5) is 29.3. The minimum absolute atomic E-state index is 0.195. The summed E-state index contributed by atoms with van der Waals surface area (Å²) in [6, 6.07) is 6.85. The Morgan fingerprint density at radius 3 is 2.86 bits per heavy atom. The van der Waals surface area contributed by atoms with E-state index in [1.807, 2.05) is 24.3 Å². The third kappa shape index (κ3) is 2.27. The number of hydrogen-bond acceptors (Lipinski definition) is 4. The number of carboxylic acid groups (broad SMARTS) is 1. The number of aliphatic hydroxyl groups is 1. The van der Waals surface area contributed by atoms with Crippen molar-refractivity contribution in [1.82, 2.24) is 15.3 Å². The average Bonchev–Trinajstić information content (AvgIpc) is 3.04. The molecule has 0 bridgehead atoms. The predicted octanol–water partition coefficient (Wildman–Crippen LogP) is 0.496. The number of fused-ring (bicyclic) bond motifs is 1. The fourth-order valence-electron chi connectivity index (χ4n) is 2.59. The molecule has 7 heteroatoms. The van der Waals surface area contributed by atoms with Crippen LogP contribution in [0.5, 0.6) is 0 Å². The van der Waals surface area contributed by atoms with Crippen LogP contribution in [0, 0.1) is 0 Å². The number of hydrogen-bond donors (Lipinski definition) is 4. The van der Waals surface area contributed by atoms with E-state index < -0.39 is 24.0 Å². The van der Waals surface area contributed by atoms with E-state index in [2.05, 4.69) is 15.3 Å². The highest BCUT2D eigenvalue weighted by molar-refractivity contribution is 6.02. The molecule has 2 atom stereocenters. The topological polar surface area (TPSA) is 115 Å². The van der Waals surface area contributed by atoms with Crippen molar-refractivity contribution >= 4 is 11.9 Å². The van der Waals surface area contributed by atoms with Crippen LogP contribution in [-0.4, -0.2) is 38.2 Å². The van der Waals surface area contributed by atoms with E-state index in [9.17, 15) is 14.7 Å². The molecule has 0 radical (unpaired) electrons. The Labute approximate surface area is 119 Å². The molecular formula is C14H13N3O4. The van der Waals surface area contributed by atoms with Gasteiger partial charge in [0, 0.05) is 6.42 Å². The smallest absolute Gasteiger partial charge is 0.354 e. The lowest BCUT2D eigenvalue weighted by Crippen LogP contribution is -2.34. The molecule has 2 aromatic rings. The third-order valence-electron chi connectivity index (χ3n) is 3.56. The van der Waals surface area contributed by atoms with Crippen LogP contribution in [0.2, 0.25) is 0 Å². The van der Waals surface area contributed by atoms with Crippen molar-refractivity contribution in [2.75, 3.05) is 0 Å². The van der Waals surface area contributed by atoms with E-state index >= 15 is 0 Å². The highest BCUT2D eigenvalue weighted by Crippen LogP contribution is 2.31. The molecule has 0 saturated heterocycles. The molecule has 7 nitrogen and oxygen atoms in total. The van der Waals surface area contributed by atoms with Gasteiger partial charge in [-0.15, -0.1) is 0 Å². The van der Waals surface area contributed by atoms with E-state index in [1.165, 1.54) is 0 Å². The molecule has 0 saturated carbocycles. The van der Waals surface area contributed by atoms with E-state index in [0.717, 1.165) is 17.5 Å². The van der Waals surface area contributed by atoms with Gasteiger partial charge in [0.05, 0.1) is 18.5 Å². The zero-order valence-corrected chi connectivity index (χ0v) is 10.9.